The summed E-state index contributed by atoms with van der Waals surface area (Å²) in [6, 6.07) is 8.96. The maximum atomic E-state index is 11.2. The van der Waals surface area contributed by atoms with E-state index in [9.17, 15) is 9.90 Å². The fourth-order valence-electron chi connectivity index (χ4n) is 2.22. The number of carbonyl (C=O) groups is 1. The summed E-state index contributed by atoms with van der Waals surface area (Å²) in [5.74, 6) is 0.0723. The third-order valence-corrected chi connectivity index (χ3v) is 4.40. The van der Waals surface area contributed by atoms with Crippen LogP contribution in [-0.4, -0.2) is 46.3 Å². The average molecular weight is 304 g/mol. The molecule has 0 bridgehead atoms. The number of fused-ring (bicyclic) bond motifs is 1. The number of rotatable bonds is 7. The number of carboxylic acid groups (broad SMARTS) is 1. The van der Waals surface area contributed by atoms with Crippen LogP contribution in [0.5, 0.6) is 0 Å². The SMILES string of the molecule is CCN(CC)CCSc1ccc2c(C(=O)O)cccc2n1. The average Bonchev–Trinajstić information content (AvgIpc) is 2.50. The normalized spacial score (nSPS) is 11.2. The van der Waals surface area contributed by atoms with E-state index in [1.807, 2.05) is 18.2 Å². The van der Waals surface area contributed by atoms with Gasteiger partial charge in [0.15, 0.2) is 0 Å². The van der Waals surface area contributed by atoms with Crippen molar-refractivity contribution in [1.29, 1.82) is 0 Å². The van der Waals surface area contributed by atoms with Gasteiger partial charge in [-0.05, 0) is 37.4 Å². The topological polar surface area (TPSA) is 53.4 Å². The molecule has 4 nitrogen and oxygen atoms in total. The van der Waals surface area contributed by atoms with Crippen LogP contribution < -0.4 is 0 Å². The van der Waals surface area contributed by atoms with Crippen molar-refractivity contribution in [2.24, 2.45) is 0 Å². The maximum Gasteiger partial charge on any atom is 0.336 e. The summed E-state index contributed by atoms with van der Waals surface area (Å²) in [5, 5.41) is 10.8. The minimum absolute atomic E-state index is 0.305. The van der Waals surface area contributed by atoms with Crippen molar-refractivity contribution in [3.8, 4) is 0 Å². The Morgan fingerprint density at radius 3 is 2.67 bits per heavy atom. The van der Waals surface area contributed by atoms with Gasteiger partial charge in [-0.25, -0.2) is 9.78 Å². The van der Waals surface area contributed by atoms with E-state index in [0.717, 1.165) is 35.9 Å². The van der Waals surface area contributed by atoms with E-state index in [1.165, 1.54) is 0 Å². The van der Waals surface area contributed by atoms with Crippen molar-refractivity contribution < 1.29 is 9.90 Å². The third kappa shape index (κ3) is 3.95. The lowest BCUT2D eigenvalue weighted by Crippen LogP contribution is -2.25. The molecular weight excluding hydrogens is 284 g/mol. The van der Waals surface area contributed by atoms with Crippen LogP contribution in [0.2, 0.25) is 0 Å². The maximum absolute atomic E-state index is 11.2. The molecule has 0 saturated carbocycles. The van der Waals surface area contributed by atoms with E-state index >= 15 is 0 Å². The number of thioether (sulfide) groups is 1. The monoisotopic (exact) mass is 304 g/mol. The van der Waals surface area contributed by atoms with E-state index < -0.39 is 5.97 Å². The van der Waals surface area contributed by atoms with Crippen LogP contribution in [0.25, 0.3) is 10.9 Å². The summed E-state index contributed by atoms with van der Waals surface area (Å²) in [5.41, 5.74) is 1.04. The molecule has 0 saturated heterocycles. The molecule has 0 amide bonds. The van der Waals surface area contributed by atoms with Crippen LogP contribution >= 0.6 is 11.8 Å². The molecule has 2 aromatic rings. The highest BCUT2D eigenvalue weighted by Crippen LogP contribution is 2.22. The standard InChI is InChI=1S/C16H20N2O2S/c1-3-18(4-2)10-11-21-15-9-8-12-13(16(19)20)6-5-7-14(12)17-15/h5-9H,3-4,10-11H2,1-2H3,(H,19,20). The predicted octanol–water partition coefficient (Wildman–Crippen LogP) is 3.37. The zero-order chi connectivity index (χ0) is 15.2. The fourth-order valence-corrected chi connectivity index (χ4v) is 3.11. The van der Waals surface area contributed by atoms with Crippen molar-refractivity contribution >= 4 is 28.6 Å². The van der Waals surface area contributed by atoms with Crippen LogP contribution in [0.15, 0.2) is 35.4 Å². The van der Waals surface area contributed by atoms with Gasteiger partial charge in [0.2, 0.25) is 0 Å². The van der Waals surface area contributed by atoms with Crippen molar-refractivity contribution in [2.45, 2.75) is 18.9 Å². The van der Waals surface area contributed by atoms with Gasteiger partial charge in [0, 0.05) is 17.7 Å². The van der Waals surface area contributed by atoms with Gasteiger partial charge in [-0.15, -0.1) is 11.8 Å². The lowest BCUT2D eigenvalue weighted by atomic mass is 10.1. The van der Waals surface area contributed by atoms with Gasteiger partial charge < -0.3 is 10.0 Å². The van der Waals surface area contributed by atoms with E-state index in [2.05, 4.69) is 23.7 Å². The highest BCUT2D eigenvalue weighted by Gasteiger charge is 2.09. The number of aromatic nitrogens is 1. The molecule has 0 atom stereocenters. The molecule has 0 aliphatic rings. The molecule has 21 heavy (non-hydrogen) atoms. The Hall–Kier alpha value is -1.59. The number of pyridine rings is 1. The molecular formula is C16H20N2O2S. The zero-order valence-electron chi connectivity index (χ0n) is 12.4. The molecule has 0 radical (unpaired) electrons. The number of benzene rings is 1. The molecule has 1 N–H and O–H groups in total. The summed E-state index contributed by atoms with van der Waals surface area (Å²) in [6.45, 7) is 7.48. The summed E-state index contributed by atoms with van der Waals surface area (Å²) in [4.78, 5) is 18.1. The Morgan fingerprint density at radius 2 is 2.00 bits per heavy atom. The van der Waals surface area contributed by atoms with Crippen LogP contribution in [0.4, 0.5) is 0 Å². The minimum atomic E-state index is -0.913. The summed E-state index contributed by atoms with van der Waals surface area (Å²) < 4.78 is 0. The first-order valence-electron chi connectivity index (χ1n) is 7.14. The minimum Gasteiger partial charge on any atom is -0.478 e. The summed E-state index contributed by atoms with van der Waals surface area (Å²) in [6.07, 6.45) is 0. The van der Waals surface area contributed by atoms with Crippen molar-refractivity contribution in [3.05, 3.63) is 35.9 Å². The Bertz CT molecular complexity index is 627. The molecule has 112 valence electrons. The zero-order valence-corrected chi connectivity index (χ0v) is 13.2. The molecule has 0 aliphatic heterocycles. The molecule has 0 unspecified atom stereocenters. The fraction of sp³-hybridized carbons (Fsp3) is 0.375. The number of carboxylic acids is 1. The number of nitrogens with zero attached hydrogens (tertiary/aromatic N) is 2. The Labute approximate surface area is 129 Å². The highest BCUT2D eigenvalue weighted by atomic mass is 32.2. The Morgan fingerprint density at radius 1 is 1.24 bits per heavy atom. The van der Waals surface area contributed by atoms with Gasteiger partial charge in [-0.1, -0.05) is 19.9 Å². The van der Waals surface area contributed by atoms with Gasteiger partial charge in [0.25, 0.3) is 0 Å². The molecule has 1 heterocycles. The Balaban J connectivity index is 2.11. The number of aromatic carboxylic acids is 1. The molecule has 5 heteroatoms. The first-order valence-corrected chi connectivity index (χ1v) is 8.12. The molecule has 0 aliphatic carbocycles. The van der Waals surface area contributed by atoms with Crippen LogP contribution in [0.3, 0.4) is 0 Å². The lowest BCUT2D eigenvalue weighted by Gasteiger charge is -2.17. The van der Waals surface area contributed by atoms with Gasteiger partial charge in [-0.2, -0.15) is 0 Å². The second kappa shape index (κ2) is 7.43. The van der Waals surface area contributed by atoms with E-state index in [-0.39, 0.29) is 0 Å². The van der Waals surface area contributed by atoms with E-state index in [4.69, 9.17) is 0 Å². The van der Waals surface area contributed by atoms with Crippen LogP contribution in [0, 0.1) is 0 Å². The van der Waals surface area contributed by atoms with E-state index in [1.54, 1.807) is 23.9 Å². The molecule has 1 aromatic carbocycles. The first kappa shape index (κ1) is 15.8. The Kier molecular flexibility index (Phi) is 5.59. The largest absolute Gasteiger partial charge is 0.478 e. The van der Waals surface area contributed by atoms with Gasteiger partial charge in [-0.3, -0.25) is 0 Å². The molecule has 0 fully saturated rings. The number of hydrogen-bond acceptors (Lipinski definition) is 4. The van der Waals surface area contributed by atoms with Crippen molar-refractivity contribution in [3.63, 3.8) is 0 Å². The lowest BCUT2D eigenvalue weighted by molar-refractivity contribution is 0.0699. The smallest absolute Gasteiger partial charge is 0.336 e. The third-order valence-electron chi connectivity index (χ3n) is 3.49. The van der Waals surface area contributed by atoms with Gasteiger partial charge in [0.05, 0.1) is 16.1 Å². The van der Waals surface area contributed by atoms with Crippen LogP contribution in [-0.2, 0) is 0 Å². The quantitative estimate of drug-likeness (QED) is 0.795. The predicted molar refractivity (Wildman–Crippen MR) is 87.2 cm³/mol. The van der Waals surface area contributed by atoms with Gasteiger partial charge in [0.1, 0.15) is 0 Å². The van der Waals surface area contributed by atoms with E-state index in [0.29, 0.717) is 10.9 Å². The van der Waals surface area contributed by atoms with Crippen molar-refractivity contribution in [2.75, 3.05) is 25.4 Å². The molecule has 1 aromatic heterocycles. The summed E-state index contributed by atoms with van der Waals surface area (Å²) in [7, 11) is 0. The van der Waals surface area contributed by atoms with Gasteiger partial charge >= 0.3 is 5.97 Å². The second-order valence-corrected chi connectivity index (χ2v) is 5.82. The second-order valence-electron chi connectivity index (χ2n) is 4.70. The summed E-state index contributed by atoms with van der Waals surface area (Å²) >= 11 is 1.71. The molecule has 2 rings (SSSR count). The number of hydrogen-bond donors (Lipinski definition) is 1. The van der Waals surface area contributed by atoms with Crippen molar-refractivity contribution in [1.82, 2.24) is 9.88 Å². The van der Waals surface area contributed by atoms with Crippen LogP contribution in [0.1, 0.15) is 24.2 Å². The highest BCUT2D eigenvalue weighted by molar-refractivity contribution is 7.99. The molecule has 0 spiro atoms. The first-order chi connectivity index (χ1) is 10.2.